The summed E-state index contributed by atoms with van der Waals surface area (Å²) in [5, 5.41) is 6.25. The van der Waals surface area contributed by atoms with Crippen molar-refractivity contribution in [2.45, 2.75) is 13.5 Å². The minimum absolute atomic E-state index is 0.0934. The Kier molecular flexibility index (Phi) is 4.87. The Morgan fingerprint density at radius 2 is 1.71 bits per heavy atom. The summed E-state index contributed by atoms with van der Waals surface area (Å²) in [6.45, 7) is 2.64. The number of hydrogen-bond donors (Lipinski definition) is 2. The van der Waals surface area contributed by atoms with Crippen molar-refractivity contribution in [2.24, 2.45) is 0 Å². The molecule has 0 aliphatic rings. The van der Waals surface area contributed by atoms with Gasteiger partial charge in [0.25, 0.3) is 5.91 Å². The molecule has 4 heteroatoms. The monoisotopic (exact) mass is 317 g/mol. The Balaban J connectivity index is 1.60. The van der Waals surface area contributed by atoms with E-state index in [4.69, 9.17) is 0 Å². The molecule has 1 amide bonds. The fourth-order valence-electron chi connectivity index (χ4n) is 2.40. The lowest BCUT2D eigenvalue weighted by Crippen LogP contribution is -2.13. The molecule has 0 saturated heterocycles. The van der Waals surface area contributed by atoms with Crippen LogP contribution < -0.4 is 10.6 Å². The van der Waals surface area contributed by atoms with Crippen molar-refractivity contribution in [1.82, 2.24) is 4.98 Å². The van der Waals surface area contributed by atoms with Gasteiger partial charge in [0.15, 0.2) is 0 Å². The first-order valence-electron chi connectivity index (χ1n) is 7.82. The molecule has 1 aromatic heterocycles. The highest BCUT2D eigenvalue weighted by Crippen LogP contribution is 2.16. The van der Waals surface area contributed by atoms with E-state index in [2.05, 4.69) is 15.6 Å². The maximum atomic E-state index is 12.3. The van der Waals surface area contributed by atoms with Gasteiger partial charge in [0.2, 0.25) is 0 Å². The lowest BCUT2D eigenvalue weighted by atomic mass is 10.1. The standard InChI is InChI=1S/C20H19N3O/c1-15-5-2-3-7-19(15)20(24)23-18-10-8-17(9-11-18)22-14-16-6-4-12-21-13-16/h2-13,22H,14H2,1H3,(H,23,24). The molecular formula is C20H19N3O. The number of aromatic nitrogens is 1. The SMILES string of the molecule is Cc1ccccc1C(=O)Nc1ccc(NCc2cccnc2)cc1. The summed E-state index contributed by atoms with van der Waals surface area (Å²) < 4.78 is 0. The van der Waals surface area contributed by atoms with Crippen LogP contribution in [0.3, 0.4) is 0 Å². The Bertz CT molecular complexity index is 814. The number of nitrogens with zero attached hydrogens (tertiary/aromatic N) is 1. The van der Waals surface area contributed by atoms with Crippen molar-refractivity contribution >= 4 is 17.3 Å². The molecule has 0 atom stereocenters. The van der Waals surface area contributed by atoms with Crippen LogP contribution in [0, 0.1) is 6.92 Å². The number of carbonyl (C=O) groups is 1. The second-order valence-electron chi connectivity index (χ2n) is 5.56. The summed E-state index contributed by atoms with van der Waals surface area (Å²) in [6, 6.07) is 19.2. The molecule has 0 fully saturated rings. The molecule has 4 nitrogen and oxygen atoms in total. The first kappa shape index (κ1) is 15.7. The van der Waals surface area contributed by atoms with E-state index in [0.717, 1.165) is 22.5 Å². The third kappa shape index (κ3) is 3.98. The average molecular weight is 317 g/mol. The fraction of sp³-hybridized carbons (Fsp3) is 0.100. The van der Waals surface area contributed by atoms with Gasteiger partial charge in [-0.2, -0.15) is 0 Å². The molecular weight excluding hydrogens is 298 g/mol. The van der Waals surface area contributed by atoms with E-state index >= 15 is 0 Å². The van der Waals surface area contributed by atoms with Crippen molar-refractivity contribution in [3.05, 3.63) is 89.7 Å². The van der Waals surface area contributed by atoms with E-state index in [-0.39, 0.29) is 5.91 Å². The van der Waals surface area contributed by atoms with Gasteiger partial charge in [0.1, 0.15) is 0 Å². The van der Waals surface area contributed by atoms with Gasteiger partial charge in [-0.05, 0) is 54.4 Å². The zero-order valence-corrected chi connectivity index (χ0v) is 13.5. The number of nitrogens with one attached hydrogen (secondary N) is 2. The summed E-state index contributed by atoms with van der Waals surface area (Å²) in [5.74, 6) is -0.0934. The Labute approximate surface area is 141 Å². The van der Waals surface area contributed by atoms with E-state index < -0.39 is 0 Å². The van der Waals surface area contributed by atoms with Gasteiger partial charge in [0, 0.05) is 35.9 Å². The third-order valence-corrected chi connectivity index (χ3v) is 3.75. The minimum atomic E-state index is -0.0934. The summed E-state index contributed by atoms with van der Waals surface area (Å²) in [4.78, 5) is 16.4. The average Bonchev–Trinajstić information content (AvgIpc) is 2.62. The predicted octanol–water partition coefficient (Wildman–Crippen LogP) is 4.25. The highest BCUT2D eigenvalue weighted by Gasteiger charge is 2.08. The molecule has 3 rings (SSSR count). The second-order valence-corrected chi connectivity index (χ2v) is 5.56. The minimum Gasteiger partial charge on any atom is -0.381 e. The van der Waals surface area contributed by atoms with Crippen molar-refractivity contribution in [1.29, 1.82) is 0 Å². The van der Waals surface area contributed by atoms with Gasteiger partial charge >= 0.3 is 0 Å². The normalized spacial score (nSPS) is 10.2. The lowest BCUT2D eigenvalue weighted by Gasteiger charge is -2.10. The number of pyridine rings is 1. The topological polar surface area (TPSA) is 54.0 Å². The van der Waals surface area contributed by atoms with Gasteiger partial charge < -0.3 is 10.6 Å². The molecule has 24 heavy (non-hydrogen) atoms. The summed E-state index contributed by atoms with van der Waals surface area (Å²) in [5.41, 5.74) is 4.54. The van der Waals surface area contributed by atoms with E-state index in [1.54, 1.807) is 6.20 Å². The Morgan fingerprint density at radius 3 is 2.42 bits per heavy atom. The van der Waals surface area contributed by atoms with E-state index in [0.29, 0.717) is 12.1 Å². The van der Waals surface area contributed by atoms with Crippen LogP contribution in [0.25, 0.3) is 0 Å². The third-order valence-electron chi connectivity index (χ3n) is 3.75. The number of amides is 1. The summed E-state index contributed by atoms with van der Waals surface area (Å²) in [6.07, 6.45) is 3.60. The van der Waals surface area contributed by atoms with Gasteiger partial charge in [-0.3, -0.25) is 9.78 Å². The number of carbonyl (C=O) groups excluding carboxylic acids is 1. The highest BCUT2D eigenvalue weighted by atomic mass is 16.1. The Hall–Kier alpha value is -3.14. The molecule has 0 spiro atoms. The molecule has 2 aromatic carbocycles. The van der Waals surface area contributed by atoms with Gasteiger partial charge in [-0.15, -0.1) is 0 Å². The molecule has 1 heterocycles. The van der Waals surface area contributed by atoms with Gasteiger partial charge in [-0.1, -0.05) is 24.3 Å². The quantitative estimate of drug-likeness (QED) is 0.739. The molecule has 0 unspecified atom stereocenters. The molecule has 0 saturated carbocycles. The van der Waals surface area contributed by atoms with Crippen LogP contribution in [0.1, 0.15) is 21.5 Å². The first-order chi connectivity index (χ1) is 11.7. The van der Waals surface area contributed by atoms with E-state index in [1.807, 2.05) is 73.8 Å². The van der Waals surface area contributed by atoms with Crippen LogP contribution in [0.5, 0.6) is 0 Å². The van der Waals surface area contributed by atoms with Crippen molar-refractivity contribution in [3.63, 3.8) is 0 Å². The first-order valence-corrected chi connectivity index (χ1v) is 7.82. The smallest absolute Gasteiger partial charge is 0.255 e. The molecule has 2 N–H and O–H groups in total. The summed E-state index contributed by atoms with van der Waals surface area (Å²) in [7, 11) is 0. The Morgan fingerprint density at radius 1 is 0.958 bits per heavy atom. The van der Waals surface area contributed by atoms with Gasteiger partial charge in [-0.25, -0.2) is 0 Å². The highest BCUT2D eigenvalue weighted by molar-refractivity contribution is 6.05. The van der Waals surface area contributed by atoms with Crippen LogP contribution >= 0.6 is 0 Å². The lowest BCUT2D eigenvalue weighted by molar-refractivity contribution is 0.102. The van der Waals surface area contributed by atoms with Crippen LogP contribution in [0.15, 0.2) is 73.1 Å². The molecule has 0 radical (unpaired) electrons. The van der Waals surface area contributed by atoms with Crippen LogP contribution in [-0.4, -0.2) is 10.9 Å². The van der Waals surface area contributed by atoms with Crippen LogP contribution in [0.2, 0.25) is 0 Å². The number of hydrogen-bond acceptors (Lipinski definition) is 3. The largest absolute Gasteiger partial charge is 0.381 e. The zero-order chi connectivity index (χ0) is 16.8. The van der Waals surface area contributed by atoms with Crippen LogP contribution in [0.4, 0.5) is 11.4 Å². The molecule has 0 bridgehead atoms. The van der Waals surface area contributed by atoms with Crippen molar-refractivity contribution in [2.75, 3.05) is 10.6 Å². The number of anilines is 2. The molecule has 0 aliphatic heterocycles. The maximum Gasteiger partial charge on any atom is 0.255 e. The summed E-state index contributed by atoms with van der Waals surface area (Å²) >= 11 is 0. The maximum absolute atomic E-state index is 12.3. The predicted molar refractivity (Wildman–Crippen MR) is 97.1 cm³/mol. The molecule has 120 valence electrons. The van der Waals surface area contributed by atoms with Gasteiger partial charge in [0.05, 0.1) is 0 Å². The second kappa shape index (κ2) is 7.42. The van der Waals surface area contributed by atoms with E-state index in [9.17, 15) is 4.79 Å². The van der Waals surface area contributed by atoms with E-state index in [1.165, 1.54) is 0 Å². The number of aryl methyl sites for hydroxylation is 1. The molecule has 3 aromatic rings. The zero-order valence-electron chi connectivity index (χ0n) is 13.5. The van der Waals surface area contributed by atoms with Crippen molar-refractivity contribution < 1.29 is 4.79 Å². The van der Waals surface area contributed by atoms with Crippen LogP contribution in [-0.2, 0) is 6.54 Å². The van der Waals surface area contributed by atoms with Crippen molar-refractivity contribution in [3.8, 4) is 0 Å². The number of rotatable bonds is 5. The number of benzene rings is 2. The fourth-order valence-corrected chi connectivity index (χ4v) is 2.40. The molecule has 0 aliphatic carbocycles.